The summed E-state index contributed by atoms with van der Waals surface area (Å²) in [4.78, 5) is 22.4. The average Bonchev–Trinajstić information content (AvgIpc) is 2.49. The van der Waals surface area contributed by atoms with E-state index < -0.39 is 17.7 Å². The van der Waals surface area contributed by atoms with E-state index in [-0.39, 0.29) is 23.5 Å². The van der Waals surface area contributed by atoms with Gasteiger partial charge in [-0.05, 0) is 25.0 Å². The molecule has 0 spiro atoms. The van der Waals surface area contributed by atoms with E-state index >= 15 is 0 Å². The van der Waals surface area contributed by atoms with Gasteiger partial charge in [0, 0.05) is 13.0 Å². The molecule has 0 aliphatic heterocycles. The van der Waals surface area contributed by atoms with E-state index in [1.54, 1.807) is 0 Å². The number of benzene rings is 1. The topological polar surface area (TPSA) is 84.9 Å². The summed E-state index contributed by atoms with van der Waals surface area (Å²) in [5, 5.41) is 11.1. The number of halogens is 1. The molecule has 122 valence electrons. The molecule has 0 saturated heterocycles. The number of hydrogen-bond donors (Lipinski definition) is 2. The largest absolute Gasteiger partial charge is 0.493 e. The molecule has 7 heteroatoms. The maximum atomic E-state index is 13.9. The third kappa shape index (κ3) is 4.91. The number of carboxylic acid groups (broad SMARTS) is 1. The molecule has 0 atom stereocenters. The normalized spacial score (nSPS) is 10.1. The molecule has 0 aromatic heterocycles. The molecule has 0 fully saturated rings. The Balaban J connectivity index is 2.60. The first-order valence-electron chi connectivity index (χ1n) is 6.91. The SMILES string of the molecule is COc1ccc(F)c(C(=O)NCCCCCC(=O)O)c1OC. The zero-order chi connectivity index (χ0) is 16.5. The smallest absolute Gasteiger partial charge is 0.303 e. The van der Waals surface area contributed by atoms with Crippen LogP contribution in [0.15, 0.2) is 12.1 Å². The highest BCUT2D eigenvalue weighted by Gasteiger charge is 2.21. The molecule has 0 unspecified atom stereocenters. The summed E-state index contributed by atoms with van der Waals surface area (Å²) in [5.74, 6) is -1.80. The minimum absolute atomic E-state index is 0.0471. The number of carboxylic acids is 1. The molecule has 0 saturated carbocycles. The van der Waals surface area contributed by atoms with E-state index in [1.807, 2.05) is 0 Å². The number of methoxy groups -OCH3 is 2. The van der Waals surface area contributed by atoms with Crippen LogP contribution in [0.25, 0.3) is 0 Å². The lowest BCUT2D eigenvalue weighted by Crippen LogP contribution is -2.26. The second-order valence-electron chi connectivity index (χ2n) is 4.62. The van der Waals surface area contributed by atoms with E-state index in [9.17, 15) is 14.0 Å². The zero-order valence-corrected chi connectivity index (χ0v) is 12.6. The summed E-state index contributed by atoms with van der Waals surface area (Å²) < 4.78 is 23.9. The number of ether oxygens (including phenoxy) is 2. The van der Waals surface area contributed by atoms with Crippen molar-refractivity contribution >= 4 is 11.9 Å². The standard InChI is InChI=1S/C15H20FNO5/c1-21-11-8-7-10(16)13(14(11)22-2)15(20)17-9-5-3-4-6-12(18)19/h7-8H,3-6,9H2,1-2H3,(H,17,20)(H,18,19). The van der Waals surface area contributed by atoms with Gasteiger partial charge in [-0.15, -0.1) is 0 Å². The number of amides is 1. The third-order valence-electron chi connectivity index (χ3n) is 3.07. The van der Waals surface area contributed by atoms with Crippen LogP contribution in [-0.4, -0.2) is 37.7 Å². The Hall–Kier alpha value is -2.31. The molecule has 0 radical (unpaired) electrons. The minimum Gasteiger partial charge on any atom is -0.493 e. The fraction of sp³-hybridized carbons (Fsp3) is 0.467. The van der Waals surface area contributed by atoms with Gasteiger partial charge in [-0.3, -0.25) is 9.59 Å². The van der Waals surface area contributed by atoms with Gasteiger partial charge in [0.1, 0.15) is 11.4 Å². The van der Waals surface area contributed by atoms with Crippen molar-refractivity contribution in [3.05, 3.63) is 23.5 Å². The number of aliphatic carboxylic acids is 1. The third-order valence-corrected chi connectivity index (χ3v) is 3.07. The van der Waals surface area contributed by atoms with Crippen molar-refractivity contribution in [3.8, 4) is 11.5 Å². The molecule has 1 aromatic carbocycles. The maximum Gasteiger partial charge on any atom is 0.303 e. The summed E-state index contributed by atoms with van der Waals surface area (Å²) in [6, 6.07) is 2.53. The molecular weight excluding hydrogens is 293 g/mol. The molecule has 1 amide bonds. The van der Waals surface area contributed by atoms with E-state index in [4.69, 9.17) is 14.6 Å². The van der Waals surface area contributed by atoms with Gasteiger partial charge in [-0.25, -0.2) is 4.39 Å². The Morgan fingerprint density at radius 1 is 1.18 bits per heavy atom. The lowest BCUT2D eigenvalue weighted by atomic mass is 10.1. The van der Waals surface area contributed by atoms with Crippen LogP contribution in [0.2, 0.25) is 0 Å². The quantitative estimate of drug-likeness (QED) is 0.683. The number of unbranched alkanes of at least 4 members (excludes halogenated alkanes) is 2. The molecule has 1 rings (SSSR count). The first-order valence-corrected chi connectivity index (χ1v) is 6.91. The lowest BCUT2D eigenvalue weighted by Gasteiger charge is -2.13. The van der Waals surface area contributed by atoms with Gasteiger partial charge in [-0.2, -0.15) is 0 Å². The van der Waals surface area contributed by atoms with Crippen LogP contribution < -0.4 is 14.8 Å². The highest BCUT2D eigenvalue weighted by Crippen LogP contribution is 2.32. The molecule has 0 aliphatic carbocycles. The van der Waals surface area contributed by atoms with Crippen molar-refractivity contribution in [1.29, 1.82) is 0 Å². The van der Waals surface area contributed by atoms with Gasteiger partial charge in [0.05, 0.1) is 14.2 Å². The predicted octanol–water partition coefficient (Wildman–Crippen LogP) is 2.22. The lowest BCUT2D eigenvalue weighted by molar-refractivity contribution is -0.137. The fourth-order valence-electron chi connectivity index (χ4n) is 1.98. The van der Waals surface area contributed by atoms with Crippen molar-refractivity contribution in [2.24, 2.45) is 0 Å². The van der Waals surface area contributed by atoms with Gasteiger partial charge < -0.3 is 19.9 Å². The number of carbonyl (C=O) groups is 2. The van der Waals surface area contributed by atoms with Gasteiger partial charge in [0.15, 0.2) is 11.5 Å². The zero-order valence-electron chi connectivity index (χ0n) is 12.6. The number of carbonyl (C=O) groups excluding carboxylic acids is 1. The van der Waals surface area contributed by atoms with E-state index in [2.05, 4.69) is 5.32 Å². The molecule has 6 nitrogen and oxygen atoms in total. The first-order chi connectivity index (χ1) is 10.5. The monoisotopic (exact) mass is 313 g/mol. The molecule has 2 N–H and O–H groups in total. The Bertz CT molecular complexity index is 533. The Morgan fingerprint density at radius 3 is 2.50 bits per heavy atom. The van der Waals surface area contributed by atoms with E-state index in [0.717, 1.165) is 6.07 Å². The number of rotatable bonds is 9. The minimum atomic E-state index is -0.841. The van der Waals surface area contributed by atoms with Gasteiger partial charge in [0.2, 0.25) is 0 Å². The number of nitrogens with one attached hydrogen (secondary N) is 1. The van der Waals surface area contributed by atoms with Crippen LogP contribution in [0, 0.1) is 5.82 Å². The molecule has 22 heavy (non-hydrogen) atoms. The highest BCUT2D eigenvalue weighted by molar-refractivity contribution is 5.98. The van der Waals surface area contributed by atoms with Crippen molar-refractivity contribution in [2.45, 2.75) is 25.7 Å². The van der Waals surface area contributed by atoms with Crippen LogP contribution in [0.5, 0.6) is 11.5 Å². The van der Waals surface area contributed by atoms with E-state index in [0.29, 0.717) is 25.8 Å². The summed E-state index contributed by atoms with van der Waals surface area (Å²) in [7, 11) is 2.74. The van der Waals surface area contributed by atoms with Crippen molar-refractivity contribution in [3.63, 3.8) is 0 Å². The van der Waals surface area contributed by atoms with Crippen molar-refractivity contribution in [1.82, 2.24) is 5.32 Å². The maximum absolute atomic E-state index is 13.9. The van der Waals surface area contributed by atoms with Crippen LogP contribution in [0.1, 0.15) is 36.0 Å². The van der Waals surface area contributed by atoms with Crippen LogP contribution in [0.3, 0.4) is 0 Å². The molecule has 0 bridgehead atoms. The second-order valence-corrected chi connectivity index (χ2v) is 4.62. The number of hydrogen-bond acceptors (Lipinski definition) is 4. The average molecular weight is 313 g/mol. The Labute approximate surface area is 128 Å². The molecule has 0 aliphatic rings. The molecule has 0 heterocycles. The summed E-state index contributed by atoms with van der Waals surface area (Å²) in [5.41, 5.74) is -0.201. The van der Waals surface area contributed by atoms with Gasteiger partial charge in [-0.1, -0.05) is 6.42 Å². The fourth-order valence-corrected chi connectivity index (χ4v) is 1.98. The summed E-state index contributed by atoms with van der Waals surface area (Å²) in [6.45, 7) is 0.332. The Morgan fingerprint density at radius 2 is 1.91 bits per heavy atom. The first kappa shape index (κ1) is 17.7. The Kier molecular flexibility index (Phi) is 7.15. The highest BCUT2D eigenvalue weighted by atomic mass is 19.1. The summed E-state index contributed by atoms with van der Waals surface area (Å²) in [6.07, 6.45) is 1.94. The van der Waals surface area contributed by atoms with Crippen LogP contribution >= 0.6 is 0 Å². The van der Waals surface area contributed by atoms with Crippen LogP contribution in [-0.2, 0) is 4.79 Å². The van der Waals surface area contributed by atoms with Crippen molar-refractivity contribution < 1.29 is 28.6 Å². The molecular formula is C15H20FNO5. The molecule has 1 aromatic rings. The summed E-state index contributed by atoms with van der Waals surface area (Å²) >= 11 is 0. The van der Waals surface area contributed by atoms with Gasteiger partial charge >= 0.3 is 5.97 Å². The van der Waals surface area contributed by atoms with Crippen molar-refractivity contribution in [2.75, 3.05) is 20.8 Å². The second kappa shape index (κ2) is 8.86. The van der Waals surface area contributed by atoms with Crippen LogP contribution in [0.4, 0.5) is 4.39 Å². The van der Waals surface area contributed by atoms with Gasteiger partial charge in [0.25, 0.3) is 5.91 Å². The predicted molar refractivity (Wildman–Crippen MR) is 77.9 cm³/mol. The van der Waals surface area contributed by atoms with E-state index in [1.165, 1.54) is 20.3 Å².